The summed E-state index contributed by atoms with van der Waals surface area (Å²) in [5.41, 5.74) is 0. The van der Waals surface area contributed by atoms with Gasteiger partial charge in [0.1, 0.15) is 0 Å². The molecule has 0 aliphatic carbocycles. The molecule has 2 rings (SSSR count). The molecular weight excluding hydrogens is 256 g/mol. The molecule has 2 aromatic carbocycles. The second-order valence-corrected chi connectivity index (χ2v) is 7.75. The molecule has 0 saturated carbocycles. The van der Waals surface area contributed by atoms with Gasteiger partial charge in [0.05, 0.1) is 0 Å². The first-order valence-corrected chi connectivity index (χ1v) is 8.02. The first-order valence-electron chi connectivity index (χ1n) is 4.61. The van der Waals surface area contributed by atoms with Gasteiger partial charge in [-0.05, 0) is 12.1 Å². The van der Waals surface area contributed by atoms with Crippen molar-refractivity contribution >= 4 is 29.8 Å². The maximum absolute atomic E-state index is 11.0. The fourth-order valence-electron chi connectivity index (χ4n) is 0.972. The van der Waals surface area contributed by atoms with E-state index in [1.54, 1.807) is 24.3 Å². The zero-order chi connectivity index (χ0) is 11.9. The molecule has 0 spiro atoms. The molecule has 0 radical (unpaired) electrons. The second kappa shape index (κ2) is 6.70. The van der Waals surface area contributed by atoms with Crippen molar-refractivity contribution in [3.63, 3.8) is 0 Å². The minimum absolute atomic E-state index is 0.556. The van der Waals surface area contributed by atoms with Crippen LogP contribution in [0.1, 0.15) is 0 Å². The topological polar surface area (TPSA) is 23.1 Å². The van der Waals surface area contributed by atoms with Gasteiger partial charge in [-0.15, -0.1) is 7.43 Å². The summed E-state index contributed by atoms with van der Waals surface area (Å²) in [4.78, 5) is 0.556. The van der Waals surface area contributed by atoms with Gasteiger partial charge in [-0.2, -0.15) is 0 Å². The van der Waals surface area contributed by atoms with Crippen LogP contribution in [0.2, 0.25) is 0 Å². The van der Waals surface area contributed by atoms with E-state index in [0.717, 1.165) is 0 Å². The molecule has 0 bridgehead atoms. The second-order valence-electron chi connectivity index (χ2n) is 2.92. The van der Waals surface area contributed by atoms with E-state index in [1.807, 2.05) is 42.5 Å². The summed E-state index contributed by atoms with van der Waals surface area (Å²) in [7, 11) is -2.59. The van der Waals surface area contributed by atoms with Crippen LogP contribution in [0, 0.1) is 0 Å². The highest BCUT2D eigenvalue weighted by molar-refractivity contribution is 8.53. The van der Waals surface area contributed by atoms with Crippen molar-refractivity contribution in [3.05, 3.63) is 66.7 Å². The van der Waals surface area contributed by atoms with Gasteiger partial charge in [-0.3, -0.25) is 0 Å². The molecule has 0 heterocycles. The molecule has 0 amide bonds. The van der Waals surface area contributed by atoms with Gasteiger partial charge >= 0.3 is 0 Å². The Labute approximate surface area is 106 Å². The Kier molecular flexibility index (Phi) is 5.55. The Bertz CT molecular complexity index is 466. The Balaban J connectivity index is 0.000000181. The van der Waals surface area contributed by atoms with Gasteiger partial charge in [-0.1, -0.05) is 77.0 Å². The highest BCUT2D eigenvalue weighted by Crippen LogP contribution is 2.06. The van der Waals surface area contributed by atoms with Crippen LogP contribution in [0.15, 0.2) is 71.6 Å². The SMILES string of the molecule is [O-]S(=S)(=S)c1ccccc1.c1ccccc1. The van der Waals surface area contributed by atoms with Gasteiger partial charge in [0, 0.05) is 4.90 Å². The molecule has 0 saturated heterocycles. The number of benzene rings is 2. The predicted molar refractivity (Wildman–Crippen MR) is 74.0 cm³/mol. The standard InChI is InChI=1S/C6H6OS3.C6H6/c7-10(8,9)6-4-2-1-3-5-6;1-2-4-6-5-3-1/h1-5H,(H,7,8,9);1-6H/p-1. The van der Waals surface area contributed by atoms with Crippen molar-refractivity contribution in [2.75, 3.05) is 0 Å². The van der Waals surface area contributed by atoms with Crippen LogP contribution < -0.4 is 0 Å². The van der Waals surface area contributed by atoms with Crippen molar-refractivity contribution < 1.29 is 4.55 Å². The van der Waals surface area contributed by atoms with E-state index >= 15 is 0 Å². The Morgan fingerprint density at radius 3 is 1.25 bits per heavy atom. The molecule has 0 aliphatic rings. The summed E-state index contributed by atoms with van der Waals surface area (Å²) in [6.07, 6.45) is 0. The normalized spacial score (nSPS) is 10.1. The summed E-state index contributed by atoms with van der Waals surface area (Å²) >= 11 is 9.19. The van der Waals surface area contributed by atoms with Crippen LogP contribution in [0.5, 0.6) is 0 Å². The molecule has 0 N–H and O–H groups in total. The third-order valence-corrected chi connectivity index (χ3v) is 3.70. The predicted octanol–water partition coefficient (Wildman–Crippen LogP) is 2.94. The summed E-state index contributed by atoms with van der Waals surface area (Å²) in [6.45, 7) is 0. The van der Waals surface area contributed by atoms with Gasteiger partial charge < -0.3 is 4.55 Å². The smallest absolute Gasteiger partial charge is 0.00267 e. The molecule has 16 heavy (non-hydrogen) atoms. The molecule has 2 aromatic rings. The first-order chi connectivity index (χ1) is 7.61. The number of hydrogen-bond donors (Lipinski definition) is 0. The van der Waals surface area contributed by atoms with Crippen molar-refractivity contribution in [2.45, 2.75) is 4.90 Å². The van der Waals surface area contributed by atoms with Crippen molar-refractivity contribution in [1.82, 2.24) is 0 Å². The molecule has 0 fully saturated rings. The lowest BCUT2D eigenvalue weighted by molar-refractivity contribution is 0.610. The maximum Gasteiger partial charge on any atom is 0.00267 e. The van der Waals surface area contributed by atoms with Gasteiger partial charge in [-0.25, -0.2) is 0 Å². The molecule has 84 valence electrons. The van der Waals surface area contributed by atoms with E-state index < -0.39 is 7.43 Å². The minimum atomic E-state index is -2.59. The third-order valence-electron chi connectivity index (χ3n) is 1.70. The van der Waals surface area contributed by atoms with E-state index in [2.05, 4.69) is 22.4 Å². The lowest BCUT2D eigenvalue weighted by Gasteiger charge is -2.13. The molecule has 0 atom stereocenters. The van der Waals surface area contributed by atoms with Crippen molar-refractivity contribution in [2.24, 2.45) is 0 Å². The van der Waals surface area contributed by atoms with Crippen LogP contribution in [0.3, 0.4) is 0 Å². The van der Waals surface area contributed by atoms with Crippen molar-refractivity contribution in [3.8, 4) is 0 Å². The third kappa shape index (κ3) is 5.32. The average Bonchev–Trinajstić information content (AvgIpc) is 2.32. The number of hydrogen-bond acceptors (Lipinski definition) is 3. The van der Waals surface area contributed by atoms with Crippen LogP contribution in [-0.2, 0) is 29.8 Å². The summed E-state index contributed by atoms with van der Waals surface area (Å²) in [6, 6.07) is 20.7. The Morgan fingerprint density at radius 1 is 0.688 bits per heavy atom. The highest BCUT2D eigenvalue weighted by atomic mass is 33.1. The van der Waals surface area contributed by atoms with Crippen molar-refractivity contribution in [1.29, 1.82) is 0 Å². The Hall–Kier alpha value is -0.810. The van der Waals surface area contributed by atoms with Crippen LogP contribution in [0.25, 0.3) is 0 Å². The average molecular weight is 267 g/mol. The first kappa shape index (κ1) is 13.3. The number of rotatable bonds is 1. The van der Waals surface area contributed by atoms with E-state index in [0.29, 0.717) is 4.90 Å². The van der Waals surface area contributed by atoms with Gasteiger partial charge in [0.2, 0.25) is 0 Å². The monoisotopic (exact) mass is 267 g/mol. The fourth-order valence-corrected chi connectivity index (χ4v) is 2.13. The lowest BCUT2D eigenvalue weighted by Crippen LogP contribution is -1.92. The van der Waals surface area contributed by atoms with E-state index in [9.17, 15) is 4.55 Å². The van der Waals surface area contributed by atoms with Crippen LogP contribution >= 0.6 is 0 Å². The summed E-state index contributed by atoms with van der Waals surface area (Å²) in [5.74, 6) is 0. The Morgan fingerprint density at radius 2 is 1.00 bits per heavy atom. The molecule has 0 aromatic heterocycles. The minimum Gasteiger partial charge on any atom is -0.787 e. The highest BCUT2D eigenvalue weighted by Gasteiger charge is 1.88. The van der Waals surface area contributed by atoms with E-state index in [4.69, 9.17) is 0 Å². The maximum atomic E-state index is 11.0. The van der Waals surface area contributed by atoms with Crippen LogP contribution in [-0.4, -0.2) is 4.55 Å². The van der Waals surface area contributed by atoms with E-state index in [1.165, 1.54) is 0 Å². The summed E-state index contributed by atoms with van der Waals surface area (Å²) in [5, 5.41) is 0. The zero-order valence-corrected chi connectivity index (χ0v) is 10.9. The van der Waals surface area contributed by atoms with Crippen LogP contribution in [0.4, 0.5) is 0 Å². The summed E-state index contributed by atoms with van der Waals surface area (Å²) < 4.78 is 11.0. The largest absolute Gasteiger partial charge is 0.787 e. The molecule has 1 nitrogen and oxygen atoms in total. The molecule has 0 aliphatic heterocycles. The van der Waals surface area contributed by atoms with Gasteiger partial charge in [0.15, 0.2) is 0 Å². The van der Waals surface area contributed by atoms with E-state index in [-0.39, 0.29) is 0 Å². The fraction of sp³-hybridized carbons (Fsp3) is 0. The zero-order valence-electron chi connectivity index (χ0n) is 8.48. The molecular formula is C12H11OS3-. The quantitative estimate of drug-likeness (QED) is 0.793. The van der Waals surface area contributed by atoms with Gasteiger partial charge in [0.25, 0.3) is 0 Å². The lowest BCUT2D eigenvalue weighted by atomic mass is 10.4. The molecule has 4 heteroatoms. The molecule has 0 unspecified atom stereocenters.